The van der Waals surface area contributed by atoms with E-state index in [2.05, 4.69) is 46.4 Å². The Hall–Kier alpha value is -1.64. The second-order valence-electron chi connectivity index (χ2n) is 6.01. The first-order valence-electron chi connectivity index (χ1n) is 7.75. The molecule has 2 N–H and O–H groups in total. The van der Waals surface area contributed by atoms with Crippen molar-refractivity contribution in [3.63, 3.8) is 0 Å². The van der Waals surface area contributed by atoms with Crippen LogP contribution in [0.1, 0.15) is 11.1 Å². The molecule has 2 aromatic rings. The van der Waals surface area contributed by atoms with E-state index in [4.69, 9.17) is 5.73 Å². The summed E-state index contributed by atoms with van der Waals surface area (Å²) in [6.07, 6.45) is 0.977. The first-order valence-corrected chi connectivity index (χ1v) is 9.56. The Morgan fingerprint density at radius 3 is 2.88 bits per heavy atom. The van der Waals surface area contributed by atoms with Crippen LogP contribution in [0.15, 0.2) is 28.6 Å². The van der Waals surface area contributed by atoms with Crippen LogP contribution in [0.3, 0.4) is 0 Å². The number of benzene rings is 1. The highest BCUT2D eigenvalue weighted by Crippen LogP contribution is 2.25. The fourth-order valence-electron chi connectivity index (χ4n) is 2.85. The summed E-state index contributed by atoms with van der Waals surface area (Å²) in [5.41, 5.74) is 8.33. The molecule has 6 nitrogen and oxygen atoms in total. The van der Waals surface area contributed by atoms with Gasteiger partial charge in [0.1, 0.15) is 0 Å². The van der Waals surface area contributed by atoms with E-state index in [1.807, 2.05) is 11.9 Å². The fourth-order valence-corrected chi connectivity index (χ4v) is 4.43. The van der Waals surface area contributed by atoms with Crippen LogP contribution in [0.2, 0.25) is 0 Å². The summed E-state index contributed by atoms with van der Waals surface area (Å²) in [4.78, 5) is 16.5. The van der Waals surface area contributed by atoms with Crippen LogP contribution in [-0.2, 0) is 17.8 Å². The molecule has 1 aromatic carbocycles. The number of hydrogen-bond acceptors (Lipinski definition) is 7. The van der Waals surface area contributed by atoms with Crippen molar-refractivity contribution in [2.24, 2.45) is 0 Å². The second-order valence-corrected chi connectivity index (χ2v) is 8.24. The van der Waals surface area contributed by atoms with Gasteiger partial charge >= 0.3 is 0 Å². The third kappa shape index (κ3) is 4.06. The Morgan fingerprint density at radius 1 is 1.42 bits per heavy atom. The number of amides is 1. The third-order valence-electron chi connectivity index (χ3n) is 4.27. The molecular weight excluding hydrogens is 342 g/mol. The summed E-state index contributed by atoms with van der Waals surface area (Å²) in [6.45, 7) is 1.66. The Kier molecular flexibility index (Phi) is 5.37. The van der Waals surface area contributed by atoms with Crippen molar-refractivity contribution in [3.8, 4) is 0 Å². The number of nitrogen functional groups attached to an aromatic ring is 1. The number of thioether (sulfide) groups is 1. The summed E-state index contributed by atoms with van der Waals surface area (Å²) in [7, 11) is 3.99. The zero-order valence-corrected chi connectivity index (χ0v) is 15.4. The molecule has 1 aliphatic rings. The maximum absolute atomic E-state index is 12.4. The molecule has 1 amide bonds. The number of fused-ring (bicyclic) bond motifs is 1. The van der Waals surface area contributed by atoms with Crippen molar-refractivity contribution in [2.45, 2.75) is 23.3 Å². The smallest absolute Gasteiger partial charge is 0.232 e. The molecule has 0 bridgehead atoms. The van der Waals surface area contributed by atoms with Crippen molar-refractivity contribution < 1.29 is 4.79 Å². The molecule has 0 saturated carbocycles. The van der Waals surface area contributed by atoms with Crippen LogP contribution in [0.4, 0.5) is 5.13 Å². The molecule has 1 atom stereocenters. The van der Waals surface area contributed by atoms with Crippen LogP contribution < -0.4 is 5.73 Å². The van der Waals surface area contributed by atoms with Gasteiger partial charge in [-0.15, -0.1) is 10.2 Å². The van der Waals surface area contributed by atoms with E-state index < -0.39 is 0 Å². The Morgan fingerprint density at radius 2 is 2.17 bits per heavy atom. The van der Waals surface area contributed by atoms with Gasteiger partial charge in [-0.1, -0.05) is 47.4 Å². The van der Waals surface area contributed by atoms with E-state index in [1.54, 1.807) is 0 Å². The molecule has 2 heterocycles. The van der Waals surface area contributed by atoms with Gasteiger partial charge in [0.05, 0.1) is 5.75 Å². The standard InChI is InChI=1S/C16H21N5OS2/c1-20-8-12-6-4-3-5-11(12)7-13(20)9-21(2)14(22)10-23-16-19-18-15(17)24-16/h3-6,13H,7-10H2,1-2H3,(H2,17,18)/t13-/m0/s1. The topological polar surface area (TPSA) is 75.3 Å². The molecule has 0 unspecified atom stereocenters. The fraction of sp³-hybridized carbons (Fsp3) is 0.438. The first kappa shape index (κ1) is 17.2. The highest BCUT2D eigenvalue weighted by Gasteiger charge is 2.25. The molecule has 8 heteroatoms. The number of nitrogens with zero attached hydrogens (tertiary/aromatic N) is 4. The van der Waals surface area contributed by atoms with Crippen molar-refractivity contribution in [2.75, 3.05) is 32.1 Å². The van der Waals surface area contributed by atoms with Crippen LogP contribution >= 0.6 is 23.1 Å². The van der Waals surface area contributed by atoms with Crippen LogP contribution in [-0.4, -0.2) is 58.3 Å². The van der Waals surface area contributed by atoms with Gasteiger partial charge in [0.25, 0.3) is 0 Å². The SMILES string of the molecule is CN(C[C@@H]1Cc2ccccc2CN1C)C(=O)CSc1nnc(N)s1. The number of carbonyl (C=O) groups excluding carboxylic acids is 1. The molecule has 0 saturated heterocycles. The van der Waals surface area contributed by atoms with Gasteiger partial charge in [0.15, 0.2) is 4.34 Å². The predicted octanol–water partition coefficient (Wildman–Crippen LogP) is 1.73. The molecule has 0 spiro atoms. The zero-order chi connectivity index (χ0) is 17.1. The number of likely N-dealkylation sites (N-methyl/N-ethyl adjacent to an activating group) is 2. The molecule has 0 fully saturated rings. The van der Waals surface area contributed by atoms with Gasteiger partial charge < -0.3 is 10.6 Å². The van der Waals surface area contributed by atoms with Gasteiger partial charge in [-0.05, 0) is 24.6 Å². The Balaban J connectivity index is 1.54. The van der Waals surface area contributed by atoms with Gasteiger partial charge in [0.2, 0.25) is 11.0 Å². The van der Waals surface area contributed by atoms with Gasteiger partial charge in [-0.2, -0.15) is 0 Å². The van der Waals surface area contributed by atoms with Crippen molar-refractivity contribution in [1.29, 1.82) is 0 Å². The average Bonchev–Trinajstić information content (AvgIpc) is 2.98. The van der Waals surface area contributed by atoms with Crippen molar-refractivity contribution in [1.82, 2.24) is 20.0 Å². The first-order chi connectivity index (χ1) is 11.5. The normalized spacial score (nSPS) is 17.5. The lowest BCUT2D eigenvalue weighted by molar-refractivity contribution is -0.127. The monoisotopic (exact) mass is 363 g/mol. The lowest BCUT2D eigenvalue weighted by Crippen LogP contribution is -2.46. The van der Waals surface area contributed by atoms with E-state index in [0.29, 0.717) is 16.9 Å². The van der Waals surface area contributed by atoms with Gasteiger partial charge in [0, 0.05) is 26.2 Å². The maximum atomic E-state index is 12.4. The molecular formula is C16H21N5OS2. The maximum Gasteiger partial charge on any atom is 0.232 e. The molecule has 0 aliphatic carbocycles. The molecule has 128 valence electrons. The van der Waals surface area contributed by atoms with Crippen molar-refractivity contribution in [3.05, 3.63) is 35.4 Å². The third-order valence-corrected chi connectivity index (χ3v) is 6.14. The number of anilines is 1. The van der Waals surface area contributed by atoms with Gasteiger partial charge in [-0.3, -0.25) is 9.69 Å². The van der Waals surface area contributed by atoms with E-state index in [9.17, 15) is 4.79 Å². The molecule has 0 radical (unpaired) electrons. The Bertz CT molecular complexity index is 720. The summed E-state index contributed by atoms with van der Waals surface area (Å²) >= 11 is 2.70. The Labute approximate surface area is 150 Å². The van der Waals surface area contributed by atoms with Crippen LogP contribution in [0.5, 0.6) is 0 Å². The minimum absolute atomic E-state index is 0.0982. The largest absolute Gasteiger partial charge is 0.374 e. The predicted molar refractivity (Wildman–Crippen MR) is 98.1 cm³/mol. The molecule has 24 heavy (non-hydrogen) atoms. The molecule has 3 rings (SSSR count). The highest BCUT2D eigenvalue weighted by molar-refractivity contribution is 8.01. The lowest BCUT2D eigenvalue weighted by Gasteiger charge is -2.36. The zero-order valence-electron chi connectivity index (χ0n) is 13.8. The summed E-state index contributed by atoms with van der Waals surface area (Å²) in [5.74, 6) is 0.457. The van der Waals surface area contributed by atoms with E-state index in [-0.39, 0.29) is 5.91 Å². The minimum atomic E-state index is 0.0982. The van der Waals surface area contributed by atoms with Crippen molar-refractivity contribution >= 4 is 34.1 Å². The van der Waals surface area contributed by atoms with E-state index >= 15 is 0 Å². The number of nitrogens with two attached hydrogens (primary N) is 1. The van der Waals surface area contributed by atoms with E-state index in [0.717, 1.165) is 23.8 Å². The summed E-state index contributed by atoms with van der Waals surface area (Å²) in [6, 6.07) is 8.88. The van der Waals surface area contributed by atoms with E-state index in [1.165, 1.54) is 34.2 Å². The number of carbonyl (C=O) groups is 1. The average molecular weight is 364 g/mol. The lowest BCUT2D eigenvalue weighted by atomic mass is 9.94. The molecule has 1 aromatic heterocycles. The minimum Gasteiger partial charge on any atom is -0.374 e. The summed E-state index contributed by atoms with van der Waals surface area (Å²) in [5, 5.41) is 8.12. The quantitative estimate of drug-likeness (QED) is 0.816. The van der Waals surface area contributed by atoms with Crippen LogP contribution in [0, 0.1) is 0 Å². The number of rotatable bonds is 5. The number of hydrogen-bond donors (Lipinski definition) is 1. The second kappa shape index (κ2) is 7.50. The van der Waals surface area contributed by atoms with Crippen LogP contribution in [0.25, 0.3) is 0 Å². The van der Waals surface area contributed by atoms with Gasteiger partial charge in [-0.25, -0.2) is 0 Å². The number of aromatic nitrogens is 2. The molecule has 1 aliphatic heterocycles. The highest BCUT2D eigenvalue weighted by atomic mass is 32.2. The summed E-state index contributed by atoms with van der Waals surface area (Å²) < 4.78 is 0.734.